The van der Waals surface area contributed by atoms with Gasteiger partial charge in [0.05, 0.1) is 11.7 Å². The van der Waals surface area contributed by atoms with Crippen LogP contribution in [0.1, 0.15) is 55.8 Å². The predicted molar refractivity (Wildman–Crippen MR) is 144 cm³/mol. The normalized spacial score (nSPS) is 17.6. The van der Waals surface area contributed by atoms with E-state index in [0.717, 1.165) is 34.2 Å². The van der Waals surface area contributed by atoms with E-state index in [1.54, 1.807) is 11.3 Å². The van der Waals surface area contributed by atoms with E-state index in [9.17, 15) is 5.26 Å². The largest absolute Gasteiger partial charge is 0.490 e. The number of nitrogens with zero attached hydrogens (tertiary/aromatic N) is 4. The zero-order valence-electron chi connectivity index (χ0n) is 20.3. The van der Waals surface area contributed by atoms with Crippen molar-refractivity contribution >= 4 is 23.3 Å². The van der Waals surface area contributed by atoms with Crippen molar-refractivity contribution in [2.75, 3.05) is 25.4 Å². The van der Waals surface area contributed by atoms with E-state index in [0.29, 0.717) is 17.4 Å². The molecule has 0 spiro atoms. The Hall–Kier alpha value is -2.44. The molecule has 1 fully saturated rings. The number of nitriles is 1. The molecule has 1 N–H and O–H groups in total. The molecule has 1 unspecified atom stereocenters. The highest BCUT2D eigenvalue weighted by molar-refractivity contribution is 7.97. The molecule has 5 rings (SSSR count). The van der Waals surface area contributed by atoms with Crippen LogP contribution in [0.25, 0.3) is 21.1 Å². The lowest BCUT2D eigenvalue weighted by Crippen LogP contribution is -2.23. The smallest absolute Gasteiger partial charge is 0.148 e. The Morgan fingerprint density at radius 2 is 2.03 bits per heavy atom. The Bertz CT molecular complexity index is 1210. The molecule has 0 saturated carbocycles. The van der Waals surface area contributed by atoms with Crippen molar-refractivity contribution in [2.24, 2.45) is 0 Å². The molecule has 2 heterocycles. The summed E-state index contributed by atoms with van der Waals surface area (Å²) in [5.74, 6) is 1.73. The molecule has 182 valence electrons. The highest BCUT2D eigenvalue weighted by Crippen LogP contribution is 2.40. The first-order valence-electron chi connectivity index (χ1n) is 12.4. The molecule has 1 saturated heterocycles. The van der Waals surface area contributed by atoms with Gasteiger partial charge in [-0.05, 0) is 81.9 Å². The summed E-state index contributed by atoms with van der Waals surface area (Å²) >= 11 is 3.44. The third-order valence-electron chi connectivity index (χ3n) is 6.57. The Labute approximate surface area is 215 Å². The van der Waals surface area contributed by atoms with Crippen LogP contribution >= 0.6 is 23.3 Å². The fraction of sp³-hybridized carbons (Fsp3) is 0.444. The second-order valence-corrected chi connectivity index (χ2v) is 11.3. The molecule has 0 radical (unpaired) electrons. The Morgan fingerprint density at radius 3 is 2.83 bits per heavy atom. The van der Waals surface area contributed by atoms with Crippen molar-refractivity contribution < 1.29 is 4.74 Å². The second-order valence-electron chi connectivity index (χ2n) is 9.38. The van der Waals surface area contributed by atoms with E-state index >= 15 is 0 Å². The molecule has 35 heavy (non-hydrogen) atoms. The van der Waals surface area contributed by atoms with Crippen molar-refractivity contribution in [1.82, 2.24) is 19.8 Å². The van der Waals surface area contributed by atoms with Crippen molar-refractivity contribution in [3.63, 3.8) is 0 Å². The van der Waals surface area contributed by atoms with Crippen molar-refractivity contribution in [2.45, 2.75) is 51.7 Å². The van der Waals surface area contributed by atoms with Crippen LogP contribution in [0.3, 0.4) is 0 Å². The maximum absolute atomic E-state index is 9.58. The fourth-order valence-corrected chi connectivity index (χ4v) is 6.68. The number of benzene rings is 2. The molecule has 1 atom stereocenters. The van der Waals surface area contributed by atoms with Gasteiger partial charge < -0.3 is 9.64 Å². The Kier molecular flexibility index (Phi) is 7.69. The molecule has 0 bridgehead atoms. The van der Waals surface area contributed by atoms with Crippen LogP contribution in [0.2, 0.25) is 0 Å². The molecular formula is C27H31N5OS2. The first-order chi connectivity index (χ1) is 17.1. The van der Waals surface area contributed by atoms with Gasteiger partial charge in [-0.1, -0.05) is 41.5 Å². The molecule has 8 heteroatoms. The summed E-state index contributed by atoms with van der Waals surface area (Å²) in [6, 6.07) is 14.8. The lowest BCUT2D eigenvalue weighted by molar-refractivity contribution is 0.242. The number of fused-ring (bicyclic) bond motifs is 1. The maximum Gasteiger partial charge on any atom is 0.148 e. The first kappa shape index (κ1) is 24.3. The highest BCUT2D eigenvalue weighted by atomic mass is 32.2. The van der Waals surface area contributed by atoms with Crippen LogP contribution in [0.4, 0.5) is 0 Å². The van der Waals surface area contributed by atoms with Gasteiger partial charge in [0.15, 0.2) is 0 Å². The van der Waals surface area contributed by atoms with Gasteiger partial charge in [-0.15, -0.1) is 10.2 Å². The van der Waals surface area contributed by atoms with Crippen LogP contribution in [0, 0.1) is 11.3 Å². The summed E-state index contributed by atoms with van der Waals surface area (Å²) in [5.41, 5.74) is 5.35. The Balaban J connectivity index is 1.29. The zero-order valence-corrected chi connectivity index (χ0v) is 21.9. The standard InChI is InChI=1S/C27H31N5OS2/c1-18(2)33-25-11-8-19(16-20(25)17-28)26-29-30-27(35-26)23-7-5-6-22-21(23)9-10-24(22)31-34-15-14-32-12-3-4-13-32/h5-8,11,16,18,24,31H,3-4,9-10,12-15H2,1-2H3. The van der Waals surface area contributed by atoms with Gasteiger partial charge in [0.1, 0.15) is 21.8 Å². The third kappa shape index (κ3) is 5.54. The monoisotopic (exact) mass is 505 g/mol. The van der Waals surface area contributed by atoms with Gasteiger partial charge in [0.2, 0.25) is 0 Å². The summed E-state index contributed by atoms with van der Waals surface area (Å²) in [4.78, 5) is 2.56. The van der Waals surface area contributed by atoms with E-state index in [2.05, 4.69) is 44.1 Å². The van der Waals surface area contributed by atoms with E-state index in [1.165, 1.54) is 49.2 Å². The molecular weight excluding hydrogens is 474 g/mol. The van der Waals surface area contributed by atoms with Gasteiger partial charge in [-0.3, -0.25) is 4.72 Å². The van der Waals surface area contributed by atoms with Gasteiger partial charge in [0.25, 0.3) is 0 Å². The average molecular weight is 506 g/mol. The summed E-state index contributed by atoms with van der Waals surface area (Å²) in [7, 11) is 0. The molecule has 2 aromatic carbocycles. The van der Waals surface area contributed by atoms with Crippen molar-refractivity contribution in [1.29, 1.82) is 5.26 Å². The number of ether oxygens (including phenoxy) is 1. The molecule has 3 aromatic rings. The molecule has 2 aliphatic rings. The third-order valence-corrected chi connectivity index (χ3v) is 8.41. The summed E-state index contributed by atoms with van der Waals surface area (Å²) in [6.07, 6.45) is 4.87. The minimum Gasteiger partial charge on any atom is -0.490 e. The van der Waals surface area contributed by atoms with Crippen molar-refractivity contribution in [3.8, 4) is 33.0 Å². The van der Waals surface area contributed by atoms with Gasteiger partial charge >= 0.3 is 0 Å². The number of likely N-dealkylation sites (tertiary alicyclic amines) is 1. The van der Waals surface area contributed by atoms with Gasteiger partial charge in [-0.2, -0.15) is 5.26 Å². The molecule has 6 nitrogen and oxygen atoms in total. The number of rotatable bonds is 9. The predicted octanol–water partition coefficient (Wildman–Crippen LogP) is 5.85. The van der Waals surface area contributed by atoms with Crippen LogP contribution in [-0.4, -0.2) is 46.6 Å². The van der Waals surface area contributed by atoms with E-state index in [4.69, 9.17) is 4.74 Å². The Morgan fingerprint density at radius 1 is 1.20 bits per heavy atom. The quantitative estimate of drug-likeness (QED) is 0.289. The van der Waals surface area contributed by atoms with E-state index in [-0.39, 0.29) is 6.10 Å². The van der Waals surface area contributed by atoms with Crippen molar-refractivity contribution in [3.05, 3.63) is 53.1 Å². The number of hydrogen-bond acceptors (Lipinski definition) is 8. The van der Waals surface area contributed by atoms with Crippen LogP contribution in [0.5, 0.6) is 5.75 Å². The van der Waals surface area contributed by atoms with Crippen LogP contribution in [-0.2, 0) is 6.42 Å². The topological polar surface area (TPSA) is 74.1 Å². The van der Waals surface area contributed by atoms with Crippen LogP contribution in [0.15, 0.2) is 36.4 Å². The lowest BCUT2D eigenvalue weighted by atomic mass is 10.0. The molecule has 1 aliphatic carbocycles. The first-order valence-corrected chi connectivity index (χ1v) is 14.2. The molecule has 1 aliphatic heterocycles. The summed E-state index contributed by atoms with van der Waals surface area (Å²) in [6.45, 7) is 7.60. The van der Waals surface area contributed by atoms with Crippen LogP contribution < -0.4 is 9.46 Å². The average Bonchev–Trinajstić information content (AvgIpc) is 3.63. The minimum absolute atomic E-state index is 0.0167. The zero-order chi connectivity index (χ0) is 24.2. The van der Waals surface area contributed by atoms with E-state index < -0.39 is 0 Å². The molecule has 0 amide bonds. The fourth-order valence-electron chi connectivity index (χ4n) is 4.87. The second kappa shape index (κ2) is 11.1. The molecule has 1 aromatic heterocycles. The number of nitrogens with one attached hydrogen (secondary N) is 1. The SMILES string of the molecule is CC(C)Oc1ccc(-c2nnc(-c3cccc4c3CCC4NSCCN3CCCC3)s2)cc1C#N. The number of hydrogen-bond donors (Lipinski definition) is 1. The summed E-state index contributed by atoms with van der Waals surface area (Å²) < 4.78 is 9.48. The maximum atomic E-state index is 9.58. The highest BCUT2D eigenvalue weighted by Gasteiger charge is 2.26. The van der Waals surface area contributed by atoms with Gasteiger partial charge in [-0.25, -0.2) is 0 Å². The number of aromatic nitrogens is 2. The minimum atomic E-state index is 0.0167. The van der Waals surface area contributed by atoms with E-state index in [1.807, 2.05) is 44.0 Å². The lowest BCUT2D eigenvalue weighted by Gasteiger charge is -2.17. The van der Waals surface area contributed by atoms with Gasteiger partial charge in [0, 0.05) is 29.5 Å². The summed E-state index contributed by atoms with van der Waals surface area (Å²) in [5, 5.41) is 20.3.